The monoisotopic (exact) mass is 279 g/mol. The van der Waals surface area contributed by atoms with E-state index in [0.717, 1.165) is 35.0 Å². The maximum absolute atomic E-state index is 5.86. The minimum absolute atomic E-state index is 0.740. The van der Waals surface area contributed by atoms with Crippen LogP contribution in [-0.4, -0.2) is 0 Å². The molecule has 0 aromatic heterocycles. The molecule has 0 spiro atoms. The molecule has 0 saturated carbocycles. The van der Waals surface area contributed by atoms with Gasteiger partial charge in [0.2, 0.25) is 0 Å². The number of hydrogen-bond acceptors (Lipinski definition) is 2. The molecule has 1 aromatic carbocycles. The van der Waals surface area contributed by atoms with Crippen molar-refractivity contribution in [2.24, 2.45) is 0 Å². The fourth-order valence-electron chi connectivity index (χ4n) is 2.38. The molecule has 0 saturated heterocycles. The van der Waals surface area contributed by atoms with Crippen molar-refractivity contribution in [2.75, 3.05) is 4.90 Å². The van der Waals surface area contributed by atoms with Crippen molar-refractivity contribution in [3.63, 3.8) is 0 Å². The van der Waals surface area contributed by atoms with E-state index >= 15 is 0 Å². The molecule has 0 radical (unpaired) electrons. The first-order valence-corrected chi connectivity index (χ1v) is 7.28. The first kappa shape index (κ1) is 14.9. The van der Waals surface area contributed by atoms with Gasteiger partial charge in [-0.15, -0.1) is 0 Å². The second kappa shape index (κ2) is 6.80. The van der Waals surface area contributed by atoms with Gasteiger partial charge >= 0.3 is 0 Å². The van der Waals surface area contributed by atoms with Gasteiger partial charge < -0.3 is 9.64 Å². The Kier molecular flexibility index (Phi) is 4.83. The van der Waals surface area contributed by atoms with Crippen LogP contribution in [0.2, 0.25) is 0 Å². The molecule has 2 heteroatoms. The number of rotatable bonds is 3. The molecule has 0 fully saturated rings. The molecule has 2 aliphatic rings. The third kappa shape index (κ3) is 2.70. The van der Waals surface area contributed by atoms with E-state index in [-0.39, 0.29) is 0 Å². The van der Waals surface area contributed by atoms with Gasteiger partial charge in [-0.2, -0.15) is 0 Å². The molecule has 2 nitrogen and oxygen atoms in total. The predicted molar refractivity (Wildman–Crippen MR) is 89.6 cm³/mol. The van der Waals surface area contributed by atoms with E-state index in [0.29, 0.717) is 0 Å². The highest BCUT2D eigenvalue weighted by molar-refractivity contribution is 5.67. The Bertz CT molecular complexity index is 620. The summed E-state index contributed by atoms with van der Waals surface area (Å²) < 4.78 is 5.86. The van der Waals surface area contributed by atoms with Crippen molar-refractivity contribution in [1.82, 2.24) is 0 Å². The van der Waals surface area contributed by atoms with Crippen LogP contribution in [0.1, 0.15) is 20.3 Å². The van der Waals surface area contributed by atoms with Crippen LogP contribution in [0, 0.1) is 0 Å². The molecule has 1 heterocycles. The first-order chi connectivity index (χ1) is 10.3. The summed E-state index contributed by atoms with van der Waals surface area (Å²) in [7, 11) is 0. The van der Waals surface area contributed by atoms with Gasteiger partial charge in [-0.1, -0.05) is 51.3 Å². The Morgan fingerprint density at radius 1 is 1.05 bits per heavy atom. The third-order valence-corrected chi connectivity index (χ3v) is 3.21. The summed E-state index contributed by atoms with van der Waals surface area (Å²) >= 11 is 0. The van der Waals surface area contributed by atoms with Gasteiger partial charge in [-0.25, -0.2) is 0 Å². The highest BCUT2D eigenvalue weighted by atomic mass is 16.5. The maximum Gasteiger partial charge on any atom is 0.150 e. The summed E-state index contributed by atoms with van der Waals surface area (Å²) in [6, 6.07) is 10.2. The second-order valence-corrected chi connectivity index (χ2v) is 4.32. The summed E-state index contributed by atoms with van der Waals surface area (Å²) in [6.45, 7) is 11.7. The molecule has 1 aromatic rings. The number of para-hydroxylation sites is 1. The summed E-state index contributed by atoms with van der Waals surface area (Å²) in [5, 5.41) is 0. The first-order valence-electron chi connectivity index (χ1n) is 7.28. The highest BCUT2D eigenvalue weighted by Gasteiger charge is 2.29. The van der Waals surface area contributed by atoms with E-state index in [2.05, 4.69) is 42.3 Å². The molecular formula is C19H21NO. The van der Waals surface area contributed by atoms with E-state index in [1.807, 2.05) is 32.0 Å². The average Bonchev–Trinajstić information content (AvgIpc) is 3.03. The lowest BCUT2D eigenvalue weighted by Crippen LogP contribution is -2.27. The van der Waals surface area contributed by atoms with Crippen molar-refractivity contribution in [1.29, 1.82) is 0 Å². The number of ether oxygens (including phenoxy) is 1. The molecule has 0 N–H and O–H groups in total. The zero-order valence-electron chi connectivity index (χ0n) is 12.7. The van der Waals surface area contributed by atoms with Gasteiger partial charge in [0, 0.05) is 5.69 Å². The Hall–Kier alpha value is -2.48. The van der Waals surface area contributed by atoms with E-state index < -0.39 is 0 Å². The van der Waals surface area contributed by atoms with Gasteiger partial charge in [0.1, 0.15) is 5.76 Å². The van der Waals surface area contributed by atoms with Crippen molar-refractivity contribution >= 4 is 5.69 Å². The number of allylic oxidation sites excluding steroid dienone is 4. The van der Waals surface area contributed by atoms with E-state index in [1.165, 1.54) is 0 Å². The zero-order valence-corrected chi connectivity index (χ0v) is 12.7. The maximum atomic E-state index is 5.86. The van der Waals surface area contributed by atoms with Crippen LogP contribution < -0.4 is 4.90 Å². The minimum Gasteiger partial charge on any atom is -0.453 e. The molecule has 0 amide bonds. The molecular weight excluding hydrogens is 258 g/mol. The quantitative estimate of drug-likeness (QED) is 0.744. The van der Waals surface area contributed by atoms with Gasteiger partial charge in [0.15, 0.2) is 5.76 Å². The van der Waals surface area contributed by atoms with E-state index in [1.54, 1.807) is 12.2 Å². The van der Waals surface area contributed by atoms with Crippen LogP contribution in [0.15, 0.2) is 90.7 Å². The molecule has 3 rings (SSSR count). The fraction of sp³-hybridized carbons (Fsp3) is 0.158. The molecule has 0 bridgehead atoms. The number of fused-ring (bicyclic) bond motifs is 1. The van der Waals surface area contributed by atoms with Gasteiger partial charge in [0.05, 0.1) is 11.4 Å². The standard InChI is InChI=1S/C17H15NO.C2H6/c1-3-14-16(4-2)19-17-12-8-11-15(17)18(14)13-9-6-5-7-10-13;1-2/h3-7,9-12H,1-2,8H2;1-2H3. The van der Waals surface area contributed by atoms with E-state index in [4.69, 9.17) is 4.74 Å². The highest BCUT2D eigenvalue weighted by Crippen LogP contribution is 2.39. The Morgan fingerprint density at radius 3 is 2.38 bits per heavy atom. The van der Waals surface area contributed by atoms with Crippen molar-refractivity contribution in [2.45, 2.75) is 20.3 Å². The van der Waals surface area contributed by atoms with Gasteiger partial charge in [0.25, 0.3) is 0 Å². The van der Waals surface area contributed by atoms with Crippen LogP contribution >= 0.6 is 0 Å². The summed E-state index contributed by atoms with van der Waals surface area (Å²) in [5.74, 6) is 1.63. The second-order valence-electron chi connectivity index (χ2n) is 4.32. The molecule has 0 unspecified atom stereocenters. The molecule has 21 heavy (non-hydrogen) atoms. The van der Waals surface area contributed by atoms with Crippen LogP contribution in [-0.2, 0) is 4.74 Å². The number of nitrogens with zero attached hydrogens (tertiary/aromatic N) is 1. The van der Waals surface area contributed by atoms with Crippen molar-refractivity contribution in [3.05, 3.63) is 90.7 Å². The van der Waals surface area contributed by atoms with E-state index in [9.17, 15) is 0 Å². The number of benzene rings is 1. The summed E-state index contributed by atoms with van der Waals surface area (Å²) in [5.41, 5.74) is 3.09. The minimum atomic E-state index is 0.740. The Morgan fingerprint density at radius 2 is 1.76 bits per heavy atom. The summed E-state index contributed by atoms with van der Waals surface area (Å²) in [6.07, 6.45) is 8.66. The Balaban J connectivity index is 0.000000774. The van der Waals surface area contributed by atoms with Gasteiger partial charge in [-0.05, 0) is 36.8 Å². The van der Waals surface area contributed by atoms with Crippen molar-refractivity contribution < 1.29 is 4.74 Å². The average molecular weight is 279 g/mol. The van der Waals surface area contributed by atoms with Crippen LogP contribution in [0.3, 0.4) is 0 Å². The lowest BCUT2D eigenvalue weighted by Gasteiger charge is -2.33. The fourth-order valence-corrected chi connectivity index (χ4v) is 2.38. The molecule has 108 valence electrons. The lowest BCUT2D eigenvalue weighted by atomic mass is 10.1. The third-order valence-electron chi connectivity index (χ3n) is 3.21. The number of hydrogen-bond donors (Lipinski definition) is 0. The van der Waals surface area contributed by atoms with Gasteiger partial charge in [-0.3, -0.25) is 0 Å². The molecule has 1 aliphatic carbocycles. The Labute approximate surface area is 127 Å². The smallest absolute Gasteiger partial charge is 0.150 e. The molecule has 1 aliphatic heterocycles. The number of anilines is 1. The summed E-state index contributed by atoms with van der Waals surface area (Å²) in [4.78, 5) is 2.16. The largest absolute Gasteiger partial charge is 0.453 e. The van der Waals surface area contributed by atoms with Crippen LogP contribution in [0.5, 0.6) is 0 Å². The molecule has 0 atom stereocenters. The topological polar surface area (TPSA) is 12.5 Å². The lowest BCUT2D eigenvalue weighted by molar-refractivity contribution is 0.314. The zero-order chi connectivity index (χ0) is 15.2. The van der Waals surface area contributed by atoms with Crippen LogP contribution in [0.25, 0.3) is 0 Å². The predicted octanol–water partition coefficient (Wildman–Crippen LogP) is 5.30. The SMILES string of the molecule is C=CC1=C(C=C)N(c2ccccc2)C2=CCC=C2O1.CC. The van der Waals surface area contributed by atoms with Crippen LogP contribution in [0.4, 0.5) is 5.69 Å². The van der Waals surface area contributed by atoms with Crippen molar-refractivity contribution in [3.8, 4) is 0 Å². The normalized spacial score (nSPS) is 16.0.